The van der Waals surface area contributed by atoms with Crippen LogP contribution >= 0.6 is 0 Å². The average molecular weight is 262 g/mol. The zero-order chi connectivity index (χ0) is 13.6. The van der Waals surface area contributed by atoms with Gasteiger partial charge in [-0.3, -0.25) is 9.13 Å². The molecule has 1 fully saturated rings. The van der Waals surface area contributed by atoms with Crippen molar-refractivity contribution >= 4 is 11.2 Å². The Morgan fingerprint density at radius 3 is 3.05 bits per heavy atom. The number of imidazole rings is 1. The molecule has 1 saturated carbocycles. The summed E-state index contributed by atoms with van der Waals surface area (Å²) in [6, 6.07) is 0.00912. The Morgan fingerprint density at radius 2 is 2.32 bits per heavy atom. The van der Waals surface area contributed by atoms with Crippen LogP contribution in [0, 0.1) is 0 Å². The molecule has 0 radical (unpaired) electrons. The van der Waals surface area contributed by atoms with Gasteiger partial charge < -0.3 is 5.11 Å². The van der Waals surface area contributed by atoms with Crippen LogP contribution in [-0.2, 0) is 7.05 Å². The van der Waals surface area contributed by atoms with Crippen LogP contribution in [-0.4, -0.2) is 29.8 Å². The fourth-order valence-electron chi connectivity index (χ4n) is 3.07. The Hall–Kier alpha value is -1.69. The van der Waals surface area contributed by atoms with Crippen molar-refractivity contribution in [2.45, 2.75) is 44.2 Å². The molecule has 2 aromatic heterocycles. The van der Waals surface area contributed by atoms with E-state index < -0.39 is 5.60 Å². The van der Waals surface area contributed by atoms with Crippen molar-refractivity contribution in [3.05, 3.63) is 23.0 Å². The van der Waals surface area contributed by atoms with Gasteiger partial charge in [0.25, 0.3) is 0 Å². The first-order chi connectivity index (χ1) is 8.99. The van der Waals surface area contributed by atoms with Gasteiger partial charge >= 0.3 is 5.69 Å². The van der Waals surface area contributed by atoms with Crippen molar-refractivity contribution in [2.75, 3.05) is 0 Å². The van der Waals surface area contributed by atoms with E-state index in [4.69, 9.17) is 0 Å². The van der Waals surface area contributed by atoms with Crippen LogP contribution in [0.25, 0.3) is 11.2 Å². The standard InChI is InChI=1S/C13H18N4O2/c1-13(19)5-3-4-9(6-13)17-11-10(7-14-8-15-11)16(2)12(17)18/h7-9,19H,3-6H2,1-2H3. The van der Waals surface area contributed by atoms with Gasteiger partial charge in [-0.25, -0.2) is 14.8 Å². The van der Waals surface area contributed by atoms with Crippen molar-refractivity contribution in [1.29, 1.82) is 0 Å². The summed E-state index contributed by atoms with van der Waals surface area (Å²) in [6.07, 6.45) is 6.32. The zero-order valence-electron chi connectivity index (χ0n) is 11.2. The van der Waals surface area contributed by atoms with Crippen LogP contribution in [0.15, 0.2) is 17.3 Å². The highest BCUT2D eigenvalue weighted by atomic mass is 16.3. The van der Waals surface area contributed by atoms with Crippen molar-refractivity contribution in [3.8, 4) is 0 Å². The molecular formula is C13H18N4O2. The molecule has 0 saturated heterocycles. The van der Waals surface area contributed by atoms with Crippen molar-refractivity contribution in [1.82, 2.24) is 19.1 Å². The summed E-state index contributed by atoms with van der Waals surface area (Å²) in [5.74, 6) is 0. The predicted molar refractivity (Wildman–Crippen MR) is 70.9 cm³/mol. The summed E-state index contributed by atoms with van der Waals surface area (Å²) in [4.78, 5) is 20.6. The SMILES string of the molecule is Cn1c(=O)n(C2CCCC(C)(O)C2)c2ncncc21. The van der Waals surface area contributed by atoms with Crippen molar-refractivity contribution < 1.29 is 5.11 Å². The summed E-state index contributed by atoms with van der Waals surface area (Å²) in [6.45, 7) is 1.84. The molecule has 0 aromatic carbocycles. The Labute approximate surface area is 110 Å². The maximum Gasteiger partial charge on any atom is 0.330 e. The second kappa shape index (κ2) is 4.16. The molecule has 0 amide bonds. The number of aromatic nitrogens is 4. The number of hydrogen-bond acceptors (Lipinski definition) is 4. The summed E-state index contributed by atoms with van der Waals surface area (Å²) >= 11 is 0. The molecule has 1 N–H and O–H groups in total. The van der Waals surface area contributed by atoms with E-state index in [1.54, 1.807) is 22.4 Å². The first-order valence-electron chi connectivity index (χ1n) is 6.59. The minimum atomic E-state index is -0.697. The van der Waals surface area contributed by atoms with E-state index in [9.17, 15) is 9.90 Å². The molecular weight excluding hydrogens is 244 g/mol. The number of hydrogen-bond donors (Lipinski definition) is 1. The minimum absolute atomic E-state index is 0.00912. The topological polar surface area (TPSA) is 72.9 Å². The molecule has 2 atom stereocenters. The van der Waals surface area contributed by atoms with E-state index in [0.717, 1.165) is 24.8 Å². The molecule has 6 heteroatoms. The summed E-state index contributed by atoms with van der Waals surface area (Å²) in [7, 11) is 1.73. The van der Waals surface area contributed by atoms with Gasteiger partial charge in [0, 0.05) is 13.1 Å². The molecule has 19 heavy (non-hydrogen) atoms. The van der Waals surface area contributed by atoms with Crippen molar-refractivity contribution in [2.24, 2.45) is 7.05 Å². The molecule has 2 heterocycles. The molecule has 0 bridgehead atoms. The van der Waals surface area contributed by atoms with E-state index in [0.29, 0.717) is 12.1 Å². The highest BCUT2D eigenvalue weighted by Crippen LogP contribution is 2.35. The van der Waals surface area contributed by atoms with Gasteiger partial charge in [0.15, 0.2) is 5.65 Å². The molecule has 6 nitrogen and oxygen atoms in total. The van der Waals surface area contributed by atoms with Gasteiger partial charge in [0.05, 0.1) is 11.8 Å². The van der Waals surface area contributed by atoms with Crippen LogP contribution in [0.2, 0.25) is 0 Å². The monoisotopic (exact) mass is 262 g/mol. The van der Waals surface area contributed by atoms with Crippen molar-refractivity contribution in [3.63, 3.8) is 0 Å². The fourth-order valence-corrected chi connectivity index (χ4v) is 3.07. The van der Waals surface area contributed by atoms with Crippen LogP contribution in [0.1, 0.15) is 38.6 Å². The van der Waals surface area contributed by atoms with Crippen LogP contribution in [0.4, 0.5) is 0 Å². The lowest BCUT2D eigenvalue weighted by molar-refractivity contribution is 0.00388. The quantitative estimate of drug-likeness (QED) is 0.832. The largest absolute Gasteiger partial charge is 0.390 e. The highest BCUT2D eigenvalue weighted by Gasteiger charge is 2.33. The predicted octanol–water partition coefficient (Wildman–Crippen LogP) is 0.996. The van der Waals surface area contributed by atoms with E-state index >= 15 is 0 Å². The Bertz CT molecular complexity index is 671. The first kappa shape index (κ1) is 12.3. The lowest BCUT2D eigenvalue weighted by Gasteiger charge is -2.34. The Balaban J connectivity index is 2.15. The smallest absolute Gasteiger partial charge is 0.330 e. The molecule has 0 aliphatic heterocycles. The number of aliphatic hydroxyl groups is 1. The van der Waals surface area contributed by atoms with E-state index in [-0.39, 0.29) is 11.7 Å². The minimum Gasteiger partial charge on any atom is -0.390 e. The lowest BCUT2D eigenvalue weighted by atomic mass is 9.83. The Morgan fingerprint density at radius 1 is 1.53 bits per heavy atom. The molecule has 3 rings (SSSR count). The van der Waals surface area contributed by atoms with Gasteiger partial charge in [-0.05, 0) is 32.6 Å². The maximum absolute atomic E-state index is 12.4. The third kappa shape index (κ3) is 1.96. The lowest BCUT2D eigenvalue weighted by Crippen LogP contribution is -2.36. The van der Waals surface area contributed by atoms with Gasteiger partial charge in [-0.15, -0.1) is 0 Å². The van der Waals surface area contributed by atoms with Gasteiger partial charge in [0.1, 0.15) is 11.8 Å². The molecule has 2 unspecified atom stereocenters. The van der Waals surface area contributed by atoms with E-state index in [1.807, 2.05) is 6.92 Å². The number of rotatable bonds is 1. The van der Waals surface area contributed by atoms with E-state index in [2.05, 4.69) is 9.97 Å². The second-order valence-electron chi connectivity index (χ2n) is 5.69. The normalized spacial score (nSPS) is 27.8. The highest BCUT2D eigenvalue weighted by molar-refractivity contribution is 5.70. The number of fused-ring (bicyclic) bond motifs is 1. The van der Waals surface area contributed by atoms with Gasteiger partial charge in [-0.2, -0.15) is 0 Å². The third-order valence-electron chi connectivity index (χ3n) is 4.05. The van der Waals surface area contributed by atoms with E-state index in [1.165, 1.54) is 6.33 Å². The molecule has 102 valence electrons. The summed E-state index contributed by atoms with van der Waals surface area (Å²) in [5.41, 5.74) is 0.610. The molecule has 0 spiro atoms. The Kier molecular flexibility index (Phi) is 2.70. The molecule has 1 aliphatic carbocycles. The summed E-state index contributed by atoms with van der Waals surface area (Å²) < 4.78 is 3.28. The molecule has 1 aliphatic rings. The maximum atomic E-state index is 12.4. The van der Waals surface area contributed by atoms with Crippen LogP contribution < -0.4 is 5.69 Å². The number of aryl methyl sites for hydroxylation is 1. The second-order valence-corrected chi connectivity index (χ2v) is 5.69. The van der Waals surface area contributed by atoms with Gasteiger partial charge in [-0.1, -0.05) is 0 Å². The summed E-state index contributed by atoms with van der Waals surface area (Å²) in [5, 5.41) is 10.2. The molecule has 2 aromatic rings. The first-order valence-corrected chi connectivity index (χ1v) is 6.59. The van der Waals surface area contributed by atoms with Crippen LogP contribution in [0.3, 0.4) is 0 Å². The van der Waals surface area contributed by atoms with Crippen LogP contribution in [0.5, 0.6) is 0 Å². The number of nitrogens with zero attached hydrogens (tertiary/aromatic N) is 4. The fraction of sp³-hybridized carbons (Fsp3) is 0.615. The van der Waals surface area contributed by atoms with Gasteiger partial charge in [0.2, 0.25) is 0 Å². The average Bonchev–Trinajstić information content (AvgIpc) is 2.61. The third-order valence-corrected chi connectivity index (χ3v) is 4.05. The zero-order valence-corrected chi connectivity index (χ0v) is 11.2.